The van der Waals surface area contributed by atoms with E-state index in [2.05, 4.69) is 57.1 Å². The molecule has 0 aliphatic carbocycles. The van der Waals surface area contributed by atoms with Gasteiger partial charge < -0.3 is 18.9 Å². The van der Waals surface area contributed by atoms with Crippen molar-refractivity contribution >= 4 is 18.0 Å². The number of benzene rings is 2. The number of hydrogen-bond acceptors (Lipinski definition) is 8. The molecule has 0 fully saturated rings. The highest BCUT2D eigenvalue weighted by atomic mass is 16.7. The molecule has 9 heteroatoms. The Morgan fingerprint density at radius 3 is 1.39 bits per heavy atom. The zero-order valence-corrected chi connectivity index (χ0v) is 27.1. The molecule has 0 N–H and O–H groups in total. The number of ether oxygens (including phenoxy) is 4. The molecule has 0 atom stereocenters. The molecule has 0 aromatic heterocycles. The zero-order valence-electron chi connectivity index (χ0n) is 27.1. The Morgan fingerprint density at radius 1 is 0.610 bits per heavy atom. The zero-order chi connectivity index (χ0) is 32.1. The van der Waals surface area contributed by atoms with Crippen molar-refractivity contribution < 1.29 is 33.5 Å². The fraction of sp³-hybridized carbons (Fsp3) is 0.562. The summed E-state index contributed by atoms with van der Waals surface area (Å²) in [6.45, 7) is 24.3. The van der Waals surface area contributed by atoms with Crippen LogP contribution in [0.15, 0.2) is 30.3 Å². The number of rotatable bonds is 3. The van der Waals surface area contributed by atoms with Crippen molar-refractivity contribution in [1.29, 1.82) is 0 Å². The van der Waals surface area contributed by atoms with Gasteiger partial charge in [0.05, 0.1) is 25.2 Å². The third kappa shape index (κ3) is 10.1. The van der Waals surface area contributed by atoms with E-state index in [1.165, 1.54) is 25.8 Å². The first-order valence-corrected chi connectivity index (χ1v) is 13.4. The minimum atomic E-state index is -0.900. The summed E-state index contributed by atoms with van der Waals surface area (Å²) in [7, 11) is 2.50. The van der Waals surface area contributed by atoms with E-state index in [1.807, 2.05) is 53.7 Å². The largest absolute Gasteiger partial charge is 0.513 e. The summed E-state index contributed by atoms with van der Waals surface area (Å²) in [5.41, 5.74) is 2.66. The van der Waals surface area contributed by atoms with Gasteiger partial charge in [0.25, 0.3) is 5.69 Å². The third-order valence-corrected chi connectivity index (χ3v) is 6.28. The van der Waals surface area contributed by atoms with Crippen LogP contribution in [0.5, 0.6) is 11.5 Å². The van der Waals surface area contributed by atoms with Crippen LogP contribution in [-0.4, -0.2) is 31.5 Å². The predicted molar refractivity (Wildman–Crippen MR) is 160 cm³/mol. The lowest BCUT2D eigenvalue weighted by atomic mass is 9.79. The lowest BCUT2D eigenvalue weighted by Gasteiger charge is -2.26. The van der Waals surface area contributed by atoms with Crippen LogP contribution in [0.3, 0.4) is 0 Å². The maximum atomic E-state index is 11.4. The number of nitrogens with zero attached hydrogens (tertiary/aromatic N) is 1. The molecule has 0 spiro atoms. The highest BCUT2D eigenvalue weighted by molar-refractivity contribution is 5.67. The van der Waals surface area contributed by atoms with E-state index in [9.17, 15) is 19.7 Å². The van der Waals surface area contributed by atoms with Crippen LogP contribution >= 0.6 is 0 Å². The topological polar surface area (TPSA) is 114 Å². The van der Waals surface area contributed by atoms with Crippen molar-refractivity contribution in [1.82, 2.24) is 0 Å². The Hall–Kier alpha value is -3.62. The van der Waals surface area contributed by atoms with E-state index >= 15 is 0 Å². The molecule has 2 aromatic rings. The molecule has 0 saturated carbocycles. The van der Waals surface area contributed by atoms with Crippen LogP contribution in [0.2, 0.25) is 0 Å². The molecule has 2 rings (SSSR count). The molecular formula is C32H47NO8. The summed E-state index contributed by atoms with van der Waals surface area (Å²) in [6.07, 6.45) is -1.59. The standard InChI is InChI=1S/C16H23NO5.C16H24O3/c1-15(2,3)10-8-11(16(4,5)6)13(22-14(18)21-7)9-12(10)17(19)20;1-15(2,3)11-8-9-13(19-14(17)18-7)12(10-11)16(4,5)6/h8-9H,1-7H3;8-10H,1-7H3. The number of carbonyl (C=O) groups excluding carboxylic acids is 2. The quantitative estimate of drug-likeness (QED) is 0.155. The molecule has 0 aliphatic rings. The lowest BCUT2D eigenvalue weighted by Crippen LogP contribution is -2.20. The number of carbonyl (C=O) groups is 2. The van der Waals surface area contributed by atoms with Gasteiger partial charge in [-0.2, -0.15) is 0 Å². The summed E-state index contributed by atoms with van der Waals surface area (Å²) < 4.78 is 19.4. The van der Waals surface area contributed by atoms with Crippen LogP contribution < -0.4 is 9.47 Å². The van der Waals surface area contributed by atoms with E-state index in [1.54, 1.807) is 6.07 Å². The van der Waals surface area contributed by atoms with Gasteiger partial charge in [0.1, 0.15) is 11.5 Å². The van der Waals surface area contributed by atoms with Gasteiger partial charge >= 0.3 is 12.3 Å². The Morgan fingerprint density at radius 2 is 1.02 bits per heavy atom. The van der Waals surface area contributed by atoms with Crippen molar-refractivity contribution in [2.45, 2.75) is 105 Å². The van der Waals surface area contributed by atoms with Gasteiger partial charge in [0, 0.05) is 16.7 Å². The third-order valence-electron chi connectivity index (χ3n) is 6.28. The van der Waals surface area contributed by atoms with E-state index < -0.39 is 22.6 Å². The molecule has 0 amide bonds. The normalized spacial score (nSPS) is 12.0. The van der Waals surface area contributed by atoms with Crippen molar-refractivity contribution in [3.05, 3.63) is 62.7 Å². The number of methoxy groups -OCH3 is 2. The molecular weight excluding hydrogens is 526 g/mol. The van der Waals surface area contributed by atoms with Gasteiger partial charge in [0.15, 0.2) is 0 Å². The van der Waals surface area contributed by atoms with Crippen LogP contribution in [0.25, 0.3) is 0 Å². The highest BCUT2D eigenvalue weighted by Gasteiger charge is 2.31. The van der Waals surface area contributed by atoms with Crippen molar-refractivity contribution in [3.8, 4) is 11.5 Å². The fourth-order valence-electron chi connectivity index (χ4n) is 3.93. The maximum Gasteiger partial charge on any atom is 0.513 e. The average molecular weight is 574 g/mol. The Bertz CT molecular complexity index is 1250. The van der Waals surface area contributed by atoms with Crippen LogP contribution in [0, 0.1) is 10.1 Å². The molecule has 41 heavy (non-hydrogen) atoms. The van der Waals surface area contributed by atoms with Gasteiger partial charge in [-0.1, -0.05) is 95.2 Å². The maximum absolute atomic E-state index is 11.4. The van der Waals surface area contributed by atoms with Crippen molar-refractivity contribution in [3.63, 3.8) is 0 Å². The lowest BCUT2D eigenvalue weighted by molar-refractivity contribution is -0.386. The fourth-order valence-corrected chi connectivity index (χ4v) is 3.93. The molecule has 228 valence electrons. The van der Waals surface area contributed by atoms with E-state index in [4.69, 9.17) is 9.47 Å². The van der Waals surface area contributed by atoms with Crippen LogP contribution in [0.1, 0.15) is 105 Å². The summed E-state index contributed by atoms with van der Waals surface area (Å²) in [5.74, 6) is 0.714. The minimum Gasteiger partial charge on any atom is -0.437 e. The molecule has 0 bridgehead atoms. The first-order valence-electron chi connectivity index (χ1n) is 13.4. The second-order valence-corrected chi connectivity index (χ2v) is 13.9. The predicted octanol–water partition coefficient (Wildman–Crippen LogP) is 8.76. The minimum absolute atomic E-state index is 0.0593. The number of hydrogen-bond donors (Lipinski definition) is 0. The van der Waals surface area contributed by atoms with Gasteiger partial charge in [-0.3, -0.25) is 10.1 Å². The monoisotopic (exact) mass is 573 g/mol. The van der Waals surface area contributed by atoms with Crippen molar-refractivity contribution in [2.24, 2.45) is 0 Å². The molecule has 0 heterocycles. The van der Waals surface area contributed by atoms with E-state index in [0.29, 0.717) is 16.9 Å². The Labute approximate surface area is 244 Å². The summed E-state index contributed by atoms with van der Waals surface area (Å²) in [4.78, 5) is 33.6. The summed E-state index contributed by atoms with van der Waals surface area (Å²) in [5, 5.41) is 11.4. The number of nitro benzene ring substituents is 1. The average Bonchev–Trinajstić information content (AvgIpc) is 2.81. The molecule has 9 nitrogen and oxygen atoms in total. The van der Waals surface area contributed by atoms with Crippen LogP contribution in [-0.2, 0) is 31.1 Å². The Kier molecular flexibility index (Phi) is 11.2. The van der Waals surface area contributed by atoms with Gasteiger partial charge in [-0.05, 0) is 39.4 Å². The molecule has 0 aliphatic heterocycles. The molecule has 0 unspecified atom stereocenters. The molecule has 0 radical (unpaired) electrons. The van der Waals surface area contributed by atoms with E-state index in [0.717, 1.165) is 5.56 Å². The SMILES string of the molecule is COC(=O)Oc1cc([N+](=O)[O-])c(C(C)(C)C)cc1C(C)(C)C.COC(=O)Oc1ccc(C(C)(C)C)cc1C(C)(C)C. The first-order chi connectivity index (χ1) is 18.4. The van der Waals surface area contributed by atoms with Gasteiger partial charge in [-0.15, -0.1) is 0 Å². The van der Waals surface area contributed by atoms with E-state index in [-0.39, 0.29) is 27.7 Å². The number of nitro groups is 1. The highest BCUT2D eigenvalue weighted by Crippen LogP contribution is 2.41. The summed E-state index contributed by atoms with van der Waals surface area (Å²) >= 11 is 0. The Balaban J connectivity index is 0.000000414. The second kappa shape index (κ2) is 12.9. The van der Waals surface area contributed by atoms with Crippen molar-refractivity contribution in [2.75, 3.05) is 14.2 Å². The smallest absolute Gasteiger partial charge is 0.437 e. The van der Waals surface area contributed by atoms with Crippen LogP contribution in [0.4, 0.5) is 15.3 Å². The molecule has 0 saturated heterocycles. The summed E-state index contributed by atoms with van der Waals surface area (Å²) in [6, 6.07) is 9.00. The van der Waals surface area contributed by atoms with Gasteiger partial charge in [-0.25, -0.2) is 9.59 Å². The van der Waals surface area contributed by atoms with Gasteiger partial charge in [0.2, 0.25) is 0 Å². The second-order valence-electron chi connectivity index (χ2n) is 13.9. The first kappa shape index (κ1) is 35.4. The molecule has 2 aromatic carbocycles.